The van der Waals surface area contributed by atoms with Gasteiger partial charge in [0.05, 0.1) is 5.56 Å². The molecular weight excluding hydrogens is 216 g/mol. The number of rotatable bonds is 5. The number of nitrogens with two attached hydrogens (primary N) is 1. The first-order valence-corrected chi connectivity index (χ1v) is 5.41. The third-order valence-corrected chi connectivity index (χ3v) is 2.12. The van der Waals surface area contributed by atoms with Gasteiger partial charge in [0.2, 0.25) is 0 Å². The number of aromatic nitrogens is 1. The lowest BCUT2D eigenvalue weighted by Gasteiger charge is -2.10. The van der Waals surface area contributed by atoms with Crippen LogP contribution in [0.3, 0.4) is 0 Å². The fraction of sp³-hybridized carbons (Fsp3) is 0.333. The number of nitrogens with one attached hydrogen (secondary N) is 1. The van der Waals surface area contributed by atoms with Gasteiger partial charge in [0, 0.05) is 33.4 Å². The van der Waals surface area contributed by atoms with E-state index in [0.29, 0.717) is 18.7 Å². The van der Waals surface area contributed by atoms with Crippen LogP contribution in [0.25, 0.3) is 0 Å². The predicted molar refractivity (Wildman–Crippen MR) is 68.9 cm³/mol. The molecule has 0 saturated carbocycles. The largest absolute Gasteiger partial charge is 0.367 e. The number of carbonyl (C=O) groups excluding carboxylic acids is 1. The summed E-state index contributed by atoms with van der Waals surface area (Å²) < 4.78 is 0. The van der Waals surface area contributed by atoms with Crippen LogP contribution >= 0.6 is 0 Å². The highest BCUT2D eigenvalue weighted by molar-refractivity contribution is 5.93. The van der Waals surface area contributed by atoms with Crippen LogP contribution in [0, 0.1) is 0 Å². The molecule has 1 rings (SSSR count). The average Bonchev–Trinajstić information content (AvgIpc) is 2.34. The van der Waals surface area contributed by atoms with Crippen LogP contribution in [0.15, 0.2) is 30.5 Å². The summed E-state index contributed by atoms with van der Waals surface area (Å²) in [6.07, 6.45) is 5.37. The Morgan fingerprint density at radius 2 is 2.24 bits per heavy atom. The number of amides is 1. The maximum Gasteiger partial charge on any atom is 0.254 e. The molecule has 0 aromatic carbocycles. The SMILES string of the molecule is CN(C)C(=O)c1ccc(NC/C=C/CN)nc1. The van der Waals surface area contributed by atoms with Crippen molar-refractivity contribution in [3.63, 3.8) is 0 Å². The Morgan fingerprint density at radius 1 is 1.47 bits per heavy atom. The van der Waals surface area contributed by atoms with Gasteiger partial charge in [0.1, 0.15) is 5.82 Å². The summed E-state index contributed by atoms with van der Waals surface area (Å²) in [4.78, 5) is 17.3. The number of carbonyl (C=O) groups is 1. The van der Waals surface area contributed by atoms with Gasteiger partial charge in [-0.05, 0) is 12.1 Å². The summed E-state index contributed by atoms with van der Waals surface area (Å²) in [6.45, 7) is 1.20. The van der Waals surface area contributed by atoms with Crippen molar-refractivity contribution in [2.75, 3.05) is 32.5 Å². The van der Waals surface area contributed by atoms with Gasteiger partial charge in [0.15, 0.2) is 0 Å². The molecule has 1 aromatic rings. The van der Waals surface area contributed by atoms with E-state index in [1.54, 1.807) is 32.4 Å². The zero-order chi connectivity index (χ0) is 12.7. The second-order valence-electron chi connectivity index (χ2n) is 3.72. The molecule has 1 heterocycles. The second kappa shape index (κ2) is 6.65. The first kappa shape index (κ1) is 13.2. The Bertz CT molecular complexity index is 384. The molecule has 3 N–H and O–H groups in total. The molecule has 17 heavy (non-hydrogen) atoms. The molecule has 0 unspecified atom stereocenters. The second-order valence-corrected chi connectivity index (χ2v) is 3.72. The smallest absolute Gasteiger partial charge is 0.254 e. The fourth-order valence-electron chi connectivity index (χ4n) is 1.23. The molecule has 5 nitrogen and oxygen atoms in total. The zero-order valence-electron chi connectivity index (χ0n) is 10.2. The van der Waals surface area contributed by atoms with E-state index in [-0.39, 0.29) is 5.91 Å². The fourth-order valence-corrected chi connectivity index (χ4v) is 1.23. The highest BCUT2D eigenvalue weighted by Crippen LogP contribution is 2.06. The number of nitrogens with zero attached hydrogens (tertiary/aromatic N) is 2. The van der Waals surface area contributed by atoms with E-state index in [4.69, 9.17) is 5.73 Å². The first-order chi connectivity index (χ1) is 8.15. The molecule has 0 radical (unpaired) electrons. The Labute approximate surface area is 101 Å². The van der Waals surface area contributed by atoms with Gasteiger partial charge < -0.3 is 16.0 Å². The molecule has 1 aromatic heterocycles. The molecule has 0 saturated heterocycles. The van der Waals surface area contributed by atoms with E-state index in [0.717, 1.165) is 5.82 Å². The maximum atomic E-state index is 11.6. The molecule has 0 bridgehead atoms. The van der Waals surface area contributed by atoms with Crippen molar-refractivity contribution in [1.82, 2.24) is 9.88 Å². The standard InChI is InChI=1S/C12H18N4O/c1-16(2)12(17)10-5-6-11(15-9-10)14-8-4-3-7-13/h3-6,9H,7-8,13H2,1-2H3,(H,14,15)/b4-3+. The molecule has 1 amide bonds. The van der Waals surface area contributed by atoms with E-state index < -0.39 is 0 Å². The van der Waals surface area contributed by atoms with Crippen molar-refractivity contribution in [2.45, 2.75) is 0 Å². The molecule has 92 valence electrons. The highest BCUT2D eigenvalue weighted by atomic mass is 16.2. The van der Waals surface area contributed by atoms with Crippen LogP contribution in [-0.4, -0.2) is 43.0 Å². The van der Waals surface area contributed by atoms with Crippen molar-refractivity contribution in [1.29, 1.82) is 0 Å². The number of anilines is 1. The topological polar surface area (TPSA) is 71.2 Å². The van der Waals surface area contributed by atoms with Crippen LogP contribution < -0.4 is 11.1 Å². The maximum absolute atomic E-state index is 11.6. The minimum atomic E-state index is -0.0490. The number of pyridine rings is 1. The van der Waals surface area contributed by atoms with E-state index >= 15 is 0 Å². The van der Waals surface area contributed by atoms with Gasteiger partial charge in [-0.2, -0.15) is 0 Å². The lowest BCUT2D eigenvalue weighted by molar-refractivity contribution is 0.0827. The Balaban J connectivity index is 2.56. The minimum absolute atomic E-state index is 0.0490. The Hall–Kier alpha value is -1.88. The van der Waals surface area contributed by atoms with Gasteiger partial charge in [-0.1, -0.05) is 12.2 Å². The van der Waals surface area contributed by atoms with Crippen LogP contribution in [0.2, 0.25) is 0 Å². The van der Waals surface area contributed by atoms with E-state index in [9.17, 15) is 4.79 Å². The summed E-state index contributed by atoms with van der Waals surface area (Å²) in [7, 11) is 3.43. The van der Waals surface area contributed by atoms with Gasteiger partial charge in [-0.25, -0.2) is 4.98 Å². The molecule has 0 aliphatic carbocycles. The molecule has 5 heteroatoms. The first-order valence-electron chi connectivity index (χ1n) is 5.41. The molecule has 0 atom stereocenters. The van der Waals surface area contributed by atoms with Crippen molar-refractivity contribution < 1.29 is 4.79 Å². The highest BCUT2D eigenvalue weighted by Gasteiger charge is 2.07. The minimum Gasteiger partial charge on any atom is -0.367 e. The summed E-state index contributed by atoms with van der Waals surface area (Å²) in [5.41, 5.74) is 5.90. The van der Waals surface area contributed by atoms with Crippen molar-refractivity contribution in [3.8, 4) is 0 Å². The van der Waals surface area contributed by atoms with Crippen molar-refractivity contribution >= 4 is 11.7 Å². The molecule has 0 aliphatic heterocycles. The van der Waals surface area contributed by atoms with E-state index in [1.807, 2.05) is 12.2 Å². The van der Waals surface area contributed by atoms with Crippen LogP contribution in [0.1, 0.15) is 10.4 Å². The summed E-state index contributed by atoms with van der Waals surface area (Å²) >= 11 is 0. The van der Waals surface area contributed by atoms with Gasteiger partial charge in [-0.15, -0.1) is 0 Å². The average molecular weight is 234 g/mol. The lowest BCUT2D eigenvalue weighted by Crippen LogP contribution is -2.21. The molecule has 0 spiro atoms. The molecule has 0 aliphatic rings. The number of hydrogen-bond donors (Lipinski definition) is 2. The monoisotopic (exact) mass is 234 g/mol. The molecular formula is C12H18N4O. The van der Waals surface area contributed by atoms with Crippen molar-refractivity contribution in [3.05, 3.63) is 36.0 Å². The number of hydrogen-bond acceptors (Lipinski definition) is 4. The van der Waals surface area contributed by atoms with Crippen LogP contribution in [0.5, 0.6) is 0 Å². The molecule has 0 fully saturated rings. The summed E-state index contributed by atoms with van der Waals surface area (Å²) in [6, 6.07) is 3.54. The third-order valence-electron chi connectivity index (χ3n) is 2.12. The Morgan fingerprint density at radius 3 is 2.76 bits per heavy atom. The summed E-state index contributed by atoms with van der Waals surface area (Å²) in [5.74, 6) is 0.689. The van der Waals surface area contributed by atoms with E-state index in [1.165, 1.54) is 4.90 Å². The third kappa shape index (κ3) is 4.24. The van der Waals surface area contributed by atoms with Gasteiger partial charge >= 0.3 is 0 Å². The zero-order valence-corrected chi connectivity index (χ0v) is 10.2. The van der Waals surface area contributed by atoms with Crippen molar-refractivity contribution in [2.24, 2.45) is 5.73 Å². The van der Waals surface area contributed by atoms with Gasteiger partial charge in [0.25, 0.3) is 5.91 Å². The van der Waals surface area contributed by atoms with E-state index in [2.05, 4.69) is 10.3 Å². The predicted octanol–water partition coefficient (Wildman–Crippen LogP) is 0.710. The normalized spacial score (nSPS) is 10.5. The quantitative estimate of drug-likeness (QED) is 0.736. The van der Waals surface area contributed by atoms with Crippen LogP contribution in [-0.2, 0) is 0 Å². The van der Waals surface area contributed by atoms with Crippen LogP contribution in [0.4, 0.5) is 5.82 Å². The van der Waals surface area contributed by atoms with Gasteiger partial charge in [-0.3, -0.25) is 4.79 Å². The Kier molecular flexibility index (Phi) is 5.16. The lowest BCUT2D eigenvalue weighted by atomic mass is 10.2. The summed E-state index contributed by atoms with van der Waals surface area (Å²) in [5, 5.41) is 3.10.